The first-order valence-corrected chi connectivity index (χ1v) is 11.8. The molecule has 0 bridgehead atoms. The number of thioether (sulfide) groups is 1. The van der Waals surface area contributed by atoms with Crippen LogP contribution in [0.1, 0.15) is 44.5 Å². The highest BCUT2D eigenvalue weighted by Gasteiger charge is 2.19. The minimum Gasteiger partial charge on any atom is -0.324 e. The minimum atomic E-state index is -0.170. The van der Waals surface area contributed by atoms with E-state index in [-0.39, 0.29) is 17.7 Å². The van der Waals surface area contributed by atoms with Crippen molar-refractivity contribution in [2.45, 2.75) is 44.8 Å². The number of halogens is 2. The molecular formula is C20H22Cl2N4OS2. The van der Waals surface area contributed by atoms with Crippen molar-refractivity contribution >= 4 is 57.9 Å². The van der Waals surface area contributed by atoms with Crippen LogP contribution in [0.3, 0.4) is 0 Å². The van der Waals surface area contributed by atoms with Crippen LogP contribution in [0.5, 0.6) is 0 Å². The van der Waals surface area contributed by atoms with Crippen LogP contribution in [0.4, 0.5) is 5.69 Å². The monoisotopic (exact) mass is 468 g/mol. The van der Waals surface area contributed by atoms with E-state index in [2.05, 4.69) is 59.2 Å². The topological polar surface area (TPSA) is 59.8 Å². The average Bonchev–Trinajstić information content (AvgIpc) is 3.29. The maximum Gasteiger partial charge on any atom is 0.234 e. The van der Waals surface area contributed by atoms with Crippen molar-refractivity contribution in [1.29, 1.82) is 0 Å². The van der Waals surface area contributed by atoms with Gasteiger partial charge in [0.2, 0.25) is 5.91 Å². The van der Waals surface area contributed by atoms with Gasteiger partial charge in [0.1, 0.15) is 0 Å². The van der Waals surface area contributed by atoms with Crippen LogP contribution >= 0.6 is 46.3 Å². The van der Waals surface area contributed by atoms with Crippen LogP contribution in [0.25, 0.3) is 11.4 Å². The number of hydrogen-bond donors (Lipinski definition) is 1. The summed E-state index contributed by atoms with van der Waals surface area (Å²) in [6.45, 7) is 8.52. The zero-order valence-corrected chi connectivity index (χ0v) is 19.7. The molecule has 0 radical (unpaired) electrons. The fourth-order valence-corrected chi connectivity index (χ4v) is 4.94. The van der Waals surface area contributed by atoms with Crippen LogP contribution in [0, 0.1) is 0 Å². The smallest absolute Gasteiger partial charge is 0.234 e. The number of benzene rings is 1. The van der Waals surface area contributed by atoms with Gasteiger partial charge in [0.25, 0.3) is 0 Å². The van der Waals surface area contributed by atoms with E-state index in [9.17, 15) is 4.79 Å². The van der Waals surface area contributed by atoms with E-state index < -0.39 is 0 Å². The summed E-state index contributed by atoms with van der Waals surface area (Å²) in [6, 6.07) is 7.30. The van der Waals surface area contributed by atoms with Crippen molar-refractivity contribution in [3.8, 4) is 11.4 Å². The zero-order valence-electron chi connectivity index (χ0n) is 16.6. The van der Waals surface area contributed by atoms with Gasteiger partial charge in [-0.25, -0.2) is 0 Å². The van der Waals surface area contributed by atoms with Gasteiger partial charge in [0, 0.05) is 26.9 Å². The Hall–Kier alpha value is -1.54. The van der Waals surface area contributed by atoms with Gasteiger partial charge in [0.05, 0.1) is 16.5 Å². The highest BCUT2D eigenvalue weighted by atomic mass is 35.5. The Morgan fingerprint density at radius 2 is 1.97 bits per heavy atom. The van der Waals surface area contributed by atoms with E-state index in [0.29, 0.717) is 26.8 Å². The lowest BCUT2D eigenvalue weighted by Gasteiger charge is -2.13. The fraction of sp³-hybridized carbons (Fsp3) is 0.350. The summed E-state index contributed by atoms with van der Waals surface area (Å²) in [5, 5.41) is 15.3. The third-order valence-corrected chi connectivity index (χ3v) is 6.89. The molecule has 0 atom stereocenters. The number of thiophene rings is 1. The van der Waals surface area contributed by atoms with Crippen LogP contribution in [-0.4, -0.2) is 26.4 Å². The molecule has 1 amide bonds. The predicted molar refractivity (Wildman–Crippen MR) is 124 cm³/mol. The van der Waals surface area contributed by atoms with Crippen molar-refractivity contribution in [3.05, 3.63) is 44.6 Å². The third-order valence-electron chi connectivity index (χ3n) is 4.17. The molecule has 1 aromatic carbocycles. The number of nitrogens with zero attached hydrogens (tertiary/aromatic N) is 3. The molecule has 0 aliphatic rings. The van der Waals surface area contributed by atoms with Gasteiger partial charge in [-0.05, 0) is 44.0 Å². The quantitative estimate of drug-likeness (QED) is 0.389. The Balaban J connectivity index is 1.73. The number of amides is 1. The lowest BCUT2D eigenvalue weighted by Crippen LogP contribution is -2.15. The number of aromatic nitrogens is 3. The summed E-state index contributed by atoms with van der Waals surface area (Å²) in [6.07, 6.45) is 0. The van der Waals surface area contributed by atoms with Crippen molar-refractivity contribution in [1.82, 2.24) is 14.8 Å². The standard InChI is InChI=1S/C20H22Cl2N4OS2/c1-11(2)17-7-13(9-28-17)19-24-25-20(26(19)12(3)4)29-10-18(27)23-16-6-5-14(21)8-15(16)22/h5-9,11-12H,10H2,1-4H3,(H,23,27). The second kappa shape index (κ2) is 9.51. The number of hydrogen-bond acceptors (Lipinski definition) is 5. The van der Waals surface area contributed by atoms with Gasteiger partial charge in [0.15, 0.2) is 11.0 Å². The van der Waals surface area contributed by atoms with Crippen molar-refractivity contribution < 1.29 is 4.79 Å². The maximum atomic E-state index is 12.4. The molecule has 0 saturated carbocycles. The molecule has 0 aliphatic heterocycles. The maximum absolute atomic E-state index is 12.4. The third kappa shape index (κ3) is 5.34. The fourth-order valence-electron chi connectivity index (χ4n) is 2.72. The molecule has 0 saturated heterocycles. The molecule has 154 valence electrons. The normalized spacial score (nSPS) is 11.4. The average molecular weight is 469 g/mol. The molecule has 9 heteroatoms. The SMILES string of the molecule is CC(C)c1cc(-c2nnc(SCC(=O)Nc3ccc(Cl)cc3Cl)n2C(C)C)cs1. The molecule has 1 N–H and O–H groups in total. The summed E-state index contributed by atoms with van der Waals surface area (Å²) in [7, 11) is 0. The molecule has 0 spiro atoms. The van der Waals surface area contributed by atoms with E-state index in [1.54, 1.807) is 29.5 Å². The van der Waals surface area contributed by atoms with E-state index >= 15 is 0 Å². The van der Waals surface area contributed by atoms with Crippen LogP contribution in [-0.2, 0) is 4.79 Å². The molecule has 3 rings (SSSR count). The molecule has 0 unspecified atom stereocenters. The van der Waals surface area contributed by atoms with E-state index in [4.69, 9.17) is 23.2 Å². The Labute approximate surface area is 188 Å². The highest BCUT2D eigenvalue weighted by Crippen LogP contribution is 2.33. The predicted octanol–water partition coefficient (Wildman–Crippen LogP) is 6.75. The summed E-state index contributed by atoms with van der Waals surface area (Å²) in [5.74, 6) is 1.33. The lowest BCUT2D eigenvalue weighted by molar-refractivity contribution is -0.113. The van der Waals surface area contributed by atoms with Crippen molar-refractivity contribution in [2.24, 2.45) is 0 Å². The second-order valence-electron chi connectivity index (χ2n) is 7.12. The molecule has 2 heterocycles. The number of nitrogens with one attached hydrogen (secondary N) is 1. The Morgan fingerprint density at radius 1 is 1.21 bits per heavy atom. The number of anilines is 1. The molecule has 3 aromatic rings. The molecule has 0 aliphatic carbocycles. The van der Waals surface area contributed by atoms with Crippen LogP contribution < -0.4 is 5.32 Å². The van der Waals surface area contributed by atoms with Gasteiger partial charge >= 0.3 is 0 Å². The summed E-state index contributed by atoms with van der Waals surface area (Å²) >= 11 is 15.1. The Kier molecular flexibility index (Phi) is 7.27. The van der Waals surface area contributed by atoms with E-state index in [1.807, 2.05) is 0 Å². The minimum absolute atomic E-state index is 0.165. The summed E-state index contributed by atoms with van der Waals surface area (Å²) in [4.78, 5) is 13.7. The molecule has 0 fully saturated rings. The van der Waals surface area contributed by atoms with Crippen LogP contribution in [0.15, 0.2) is 34.8 Å². The molecule has 2 aromatic heterocycles. The van der Waals surface area contributed by atoms with Crippen molar-refractivity contribution in [2.75, 3.05) is 11.1 Å². The van der Waals surface area contributed by atoms with Crippen LogP contribution in [0.2, 0.25) is 10.0 Å². The number of rotatable bonds is 7. The van der Waals surface area contributed by atoms with Gasteiger partial charge in [-0.3, -0.25) is 9.36 Å². The number of carbonyl (C=O) groups excluding carboxylic acids is 1. The summed E-state index contributed by atoms with van der Waals surface area (Å²) in [5.41, 5.74) is 1.59. The second-order valence-corrected chi connectivity index (χ2v) is 9.85. The number of carbonyl (C=O) groups is 1. The van der Waals surface area contributed by atoms with E-state index in [1.165, 1.54) is 16.6 Å². The Morgan fingerprint density at radius 3 is 2.59 bits per heavy atom. The Bertz CT molecular complexity index is 1010. The zero-order chi connectivity index (χ0) is 21.1. The highest BCUT2D eigenvalue weighted by molar-refractivity contribution is 7.99. The molecule has 5 nitrogen and oxygen atoms in total. The molecular weight excluding hydrogens is 447 g/mol. The first kappa shape index (κ1) is 22.2. The van der Waals surface area contributed by atoms with E-state index in [0.717, 1.165) is 11.4 Å². The van der Waals surface area contributed by atoms with Gasteiger partial charge in [-0.1, -0.05) is 48.8 Å². The lowest BCUT2D eigenvalue weighted by atomic mass is 10.1. The van der Waals surface area contributed by atoms with Gasteiger partial charge < -0.3 is 5.32 Å². The van der Waals surface area contributed by atoms with Gasteiger partial charge in [-0.2, -0.15) is 0 Å². The summed E-state index contributed by atoms with van der Waals surface area (Å²) < 4.78 is 2.07. The van der Waals surface area contributed by atoms with Gasteiger partial charge in [-0.15, -0.1) is 21.5 Å². The first-order valence-electron chi connectivity index (χ1n) is 9.17. The molecule has 29 heavy (non-hydrogen) atoms. The largest absolute Gasteiger partial charge is 0.324 e. The van der Waals surface area contributed by atoms with Crippen molar-refractivity contribution in [3.63, 3.8) is 0 Å². The first-order chi connectivity index (χ1) is 13.8.